The number of guanidine groups is 1. The second-order valence-corrected chi connectivity index (χ2v) is 3.20. The van der Waals surface area contributed by atoms with Crippen molar-refractivity contribution in [2.24, 2.45) is 16.5 Å². The van der Waals surface area contributed by atoms with Gasteiger partial charge in [0, 0.05) is 26.4 Å². The molecule has 82 valence electrons. The maximum absolute atomic E-state index is 11.3. The number of nitrogens with two attached hydrogens (primary N) is 2. The van der Waals surface area contributed by atoms with E-state index in [1.165, 1.54) is 9.58 Å². The zero-order valence-corrected chi connectivity index (χ0v) is 8.71. The van der Waals surface area contributed by atoms with Gasteiger partial charge >= 0.3 is 0 Å². The van der Waals surface area contributed by atoms with E-state index in [0.717, 1.165) is 0 Å². The van der Waals surface area contributed by atoms with E-state index in [0.29, 0.717) is 5.82 Å². The number of likely N-dealkylation sites (N-methyl/N-ethyl adjacent to an activating group) is 1. The van der Waals surface area contributed by atoms with Crippen LogP contribution in [0.2, 0.25) is 0 Å². The third-order valence-corrected chi connectivity index (χ3v) is 1.67. The summed E-state index contributed by atoms with van der Waals surface area (Å²) in [6.45, 7) is 0.174. The molecule has 0 aliphatic heterocycles. The van der Waals surface area contributed by atoms with E-state index in [4.69, 9.17) is 11.5 Å². The molecule has 0 bridgehead atoms. The fourth-order valence-electron chi connectivity index (χ4n) is 0.911. The van der Waals surface area contributed by atoms with Crippen LogP contribution in [-0.2, 0) is 11.3 Å². The van der Waals surface area contributed by atoms with E-state index < -0.39 is 0 Å². The van der Waals surface area contributed by atoms with Gasteiger partial charge in [-0.3, -0.25) is 9.48 Å². The summed E-state index contributed by atoms with van der Waals surface area (Å²) in [5.74, 6) is 0.287. The third-order valence-electron chi connectivity index (χ3n) is 1.67. The normalized spacial score (nSPS) is 9.73. The zero-order valence-electron chi connectivity index (χ0n) is 8.71. The third kappa shape index (κ3) is 3.29. The van der Waals surface area contributed by atoms with Gasteiger partial charge in [-0.15, -0.1) is 0 Å². The number of nitrogens with zero attached hydrogens (tertiary/aromatic N) is 4. The first-order valence-corrected chi connectivity index (χ1v) is 4.32. The van der Waals surface area contributed by atoms with E-state index in [1.54, 1.807) is 26.4 Å². The standard InChI is InChI=1S/C8H14N6O/c1-13(2)7(15)5-14-4-3-6(12-14)11-8(9)10/h3-4H,5H2,1-2H3,(H4,9,10,11,12). The summed E-state index contributed by atoms with van der Waals surface area (Å²) in [7, 11) is 3.37. The van der Waals surface area contributed by atoms with Crippen LogP contribution in [0.3, 0.4) is 0 Å². The van der Waals surface area contributed by atoms with Crippen molar-refractivity contribution >= 4 is 17.7 Å². The van der Waals surface area contributed by atoms with Gasteiger partial charge in [0.2, 0.25) is 5.91 Å². The van der Waals surface area contributed by atoms with Gasteiger partial charge in [-0.25, -0.2) is 0 Å². The van der Waals surface area contributed by atoms with Gasteiger partial charge in [0.05, 0.1) is 0 Å². The SMILES string of the molecule is CN(C)C(=O)Cn1ccc(N=C(N)N)n1. The Labute approximate surface area is 87.4 Å². The predicted octanol–water partition coefficient (Wildman–Crippen LogP) is -1.12. The minimum atomic E-state index is -0.0563. The van der Waals surface area contributed by atoms with Crippen LogP contribution in [0.15, 0.2) is 17.3 Å². The number of aliphatic imine (C=N–C) groups is 1. The number of amides is 1. The Balaban J connectivity index is 2.69. The molecule has 0 aliphatic carbocycles. The molecule has 0 aliphatic rings. The highest BCUT2D eigenvalue weighted by Gasteiger charge is 2.06. The molecule has 0 saturated heterocycles. The Morgan fingerprint density at radius 2 is 2.27 bits per heavy atom. The van der Waals surface area contributed by atoms with Crippen molar-refractivity contribution in [1.82, 2.24) is 14.7 Å². The molecule has 0 unspecified atom stereocenters. The van der Waals surface area contributed by atoms with Gasteiger partial charge in [0.25, 0.3) is 0 Å². The average molecular weight is 210 g/mol. The van der Waals surface area contributed by atoms with Crippen molar-refractivity contribution in [3.63, 3.8) is 0 Å². The van der Waals surface area contributed by atoms with Gasteiger partial charge in [-0.2, -0.15) is 10.1 Å². The Kier molecular flexibility index (Phi) is 3.27. The van der Waals surface area contributed by atoms with E-state index >= 15 is 0 Å². The lowest BCUT2D eigenvalue weighted by Gasteiger charge is -2.09. The van der Waals surface area contributed by atoms with Crippen molar-refractivity contribution < 1.29 is 4.79 Å². The quantitative estimate of drug-likeness (QED) is 0.487. The van der Waals surface area contributed by atoms with Crippen LogP contribution in [0.1, 0.15) is 0 Å². The average Bonchev–Trinajstić information content (AvgIpc) is 2.51. The topological polar surface area (TPSA) is 103 Å². The Morgan fingerprint density at radius 3 is 2.80 bits per heavy atom. The first-order chi connectivity index (χ1) is 6.99. The second-order valence-electron chi connectivity index (χ2n) is 3.20. The van der Waals surface area contributed by atoms with Gasteiger partial charge in [-0.05, 0) is 0 Å². The van der Waals surface area contributed by atoms with E-state index in [1.807, 2.05) is 0 Å². The minimum absolute atomic E-state index is 0.0469. The molecular weight excluding hydrogens is 196 g/mol. The maximum Gasteiger partial charge on any atom is 0.243 e. The Hall–Kier alpha value is -2.05. The molecule has 0 radical (unpaired) electrons. The highest BCUT2D eigenvalue weighted by molar-refractivity contribution is 5.78. The summed E-state index contributed by atoms with van der Waals surface area (Å²) in [5.41, 5.74) is 10.4. The molecule has 1 amide bonds. The first-order valence-electron chi connectivity index (χ1n) is 4.32. The van der Waals surface area contributed by atoms with Crippen LogP contribution in [0, 0.1) is 0 Å². The number of hydrogen-bond donors (Lipinski definition) is 2. The number of carbonyl (C=O) groups is 1. The van der Waals surface area contributed by atoms with Crippen LogP contribution >= 0.6 is 0 Å². The van der Waals surface area contributed by atoms with Crippen LogP contribution in [0.4, 0.5) is 5.82 Å². The molecule has 1 heterocycles. The van der Waals surface area contributed by atoms with Crippen molar-refractivity contribution in [1.29, 1.82) is 0 Å². The van der Waals surface area contributed by atoms with Gasteiger partial charge in [-0.1, -0.05) is 0 Å². The van der Waals surface area contributed by atoms with E-state index in [9.17, 15) is 4.79 Å². The molecule has 15 heavy (non-hydrogen) atoms. The van der Waals surface area contributed by atoms with Crippen molar-refractivity contribution in [2.45, 2.75) is 6.54 Å². The number of rotatable bonds is 3. The molecule has 1 aromatic rings. The molecule has 7 heteroatoms. The minimum Gasteiger partial charge on any atom is -0.370 e. The molecule has 0 spiro atoms. The Morgan fingerprint density at radius 1 is 1.60 bits per heavy atom. The largest absolute Gasteiger partial charge is 0.370 e. The summed E-state index contributed by atoms with van der Waals surface area (Å²) in [4.78, 5) is 16.6. The molecule has 0 saturated carbocycles. The fourth-order valence-corrected chi connectivity index (χ4v) is 0.911. The smallest absolute Gasteiger partial charge is 0.243 e. The maximum atomic E-state index is 11.3. The number of carbonyl (C=O) groups excluding carboxylic acids is 1. The summed E-state index contributed by atoms with van der Waals surface area (Å²) in [6, 6.07) is 1.63. The van der Waals surface area contributed by atoms with Crippen LogP contribution < -0.4 is 11.5 Å². The molecule has 0 fully saturated rings. The lowest BCUT2D eigenvalue weighted by Crippen LogP contribution is -2.26. The molecule has 7 nitrogen and oxygen atoms in total. The molecule has 4 N–H and O–H groups in total. The van der Waals surface area contributed by atoms with Crippen LogP contribution in [-0.4, -0.2) is 40.6 Å². The molecule has 0 aromatic carbocycles. The molecule has 0 atom stereocenters. The zero-order chi connectivity index (χ0) is 11.4. The molecule has 1 rings (SSSR count). The van der Waals surface area contributed by atoms with Crippen LogP contribution in [0.25, 0.3) is 0 Å². The van der Waals surface area contributed by atoms with E-state index in [-0.39, 0.29) is 18.4 Å². The van der Waals surface area contributed by atoms with Crippen molar-refractivity contribution in [3.8, 4) is 0 Å². The first kappa shape index (κ1) is 11.0. The monoisotopic (exact) mass is 210 g/mol. The highest BCUT2D eigenvalue weighted by Crippen LogP contribution is 2.05. The summed E-state index contributed by atoms with van der Waals surface area (Å²) >= 11 is 0. The van der Waals surface area contributed by atoms with Crippen molar-refractivity contribution in [3.05, 3.63) is 12.3 Å². The second kappa shape index (κ2) is 4.45. The number of hydrogen-bond acceptors (Lipinski definition) is 3. The van der Waals surface area contributed by atoms with Gasteiger partial charge in [0.1, 0.15) is 6.54 Å². The highest BCUT2D eigenvalue weighted by atomic mass is 16.2. The summed E-state index contributed by atoms with van der Waals surface area (Å²) < 4.78 is 1.48. The molecular formula is C8H14N6O. The predicted molar refractivity (Wildman–Crippen MR) is 56.4 cm³/mol. The van der Waals surface area contributed by atoms with E-state index in [2.05, 4.69) is 10.1 Å². The fraction of sp³-hybridized carbons (Fsp3) is 0.375. The Bertz CT molecular complexity index is 376. The molecule has 1 aromatic heterocycles. The van der Waals surface area contributed by atoms with Gasteiger partial charge < -0.3 is 16.4 Å². The summed E-state index contributed by atoms with van der Waals surface area (Å²) in [6.07, 6.45) is 1.64. The van der Waals surface area contributed by atoms with Gasteiger partial charge in [0.15, 0.2) is 11.8 Å². The lowest BCUT2D eigenvalue weighted by molar-refractivity contribution is -0.129. The number of aromatic nitrogens is 2. The summed E-state index contributed by atoms with van der Waals surface area (Å²) in [5, 5.41) is 3.99. The van der Waals surface area contributed by atoms with Crippen molar-refractivity contribution in [2.75, 3.05) is 14.1 Å². The van der Waals surface area contributed by atoms with Crippen LogP contribution in [0.5, 0.6) is 0 Å². The lowest BCUT2D eigenvalue weighted by atomic mass is 10.5.